The van der Waals surface area contributed by atoms with E-state index in [1.165, 1.54) is 4.90 Å². The quantitative estimate of drug-likeness (QED) is 0.381. The second kappa shape index (κ2) is 14.3. The van der Waals surface area contributed by atoms with E-state index >= 15 is 0 Å². The van der Waals surface area contributed by atoms with Crippen molar-refractivity contribution in [2.24, 2.45) is 5.92 Å². The summed E-state index contributed by atoms with van der Waals surface area (Å²) in [7, 11) is -3.95. The number of halogens is 2. The van der Waals surface area contributed by atoms with Crippen LogP contribution in [-0.4, -0.2) is 89.2 Å². The van der Waals surface area contributed by atoms with Crippen molar-refractivity contribution in [3.63, 3.8) is 0 Å². The first-order chi connectivity index (χ1) is 24.5. The highest BCUT2D eigenvalue weighted by Gasteiger charge is 2.62. The molecule has 3 fully saturated rings. The molecule has 1 aromatic carbocycles. The molecule has 0 radical (unpaired) electrons. The number of rotatable bonds is 5. The zero-order valence-electron chi connectivity index (χ0n) is 29.4. The molecule has 2 saturated carbocycles. The molecule has 3 heterocycles. The second-order valence-electron chi connectivity index (χ2n) is 15.3. The third kappa shape index (κ3) is 8.18. The normalized spacial score (nSPS) is 28.6. The third-order valence-corrected chi connectivity index (χ3v) is 11.9. The van der Waals surface area contributed by atoms with Crippen LogP contribution in [-0.2, 0) is 47.0 Å². The number of fused-ring (bicyclic) bond motifs is 3. The number of sulfonamides is 1. The maximum absolute atomic E-state index is 14.4. The average molecular weight is 750 g/mol. The van der Waals surface area contributed by atoms with E-state index in [1.54, 1.807) is 26.8 Å². The summed E-state index contributed by atoms with van der Waals surface area (Å²) < 4.78 is 67.6. The lowest BCUT2D eigenvalue weighted by Gasteiger charge is -2.30. The van der Waals surface area contributed by atoms with Gasteiger partial charge in [0.15, 0.2) is 0 Å². The number of carbonyl (C=O) groups is 5. The van der Waals surface area contributed by atoms with Crippen LogP contribution < -0.4 is 15.4 Å². The Labute approximate surface area is 301 Å². The summed E-state index contributed by atoms with van der Waals surface area (Å²) in [5, 5.41) is 4.70. The van der Waals surface area contributed by atoms with Gasteiger partial charge in [-0.1, -0.05) is 25.0 Å². The van der Waals surface area contributed by atoms with E-state index in [-0.39, 0.29) is 50.0 Å². The first kappa shape index (κ1) is 37.5. The molecule has 0 bridgehead atoms. The Morgan fingerprint density at radius 1 is 1.00 bits per heavy atom. The predicted molar refractivity (Wildman–Crippen MR) is 180 cm³/mol. The monoisotopic (exact) mass is 749 g/mol. The van der Waals surface area contributed by atoms with Crippen LogP contribution >= 0.6 is 0 Å². The van der Waals surface area contributed by atoms with Crippen molar-refractivity contribution in [1.82, 2.24) is 25.2 Å². The lowest BCUT2D eigenvalue weighted by atomic mass is 10.0. The Kier molecular flexibility index (Phi) is 10.3. The fraction of sp³-hybridized carbons (Fsp3) is 0.629. The Morgan fingerprint density at radius 2 is 1.67 bits per heavy atom. The van der Waals surface area contributed by atoms with Crippen LogP contribution in [0.15, 0.2) is 24.3 Å². The molecule has 1 unspecified atom stereocenters. The molecule has 17 heteroatoms. The fourth-order valence-electron chi connectivity index (χ4n) is 7.06. The number of allylic oxidation sites excluding steroid dienone is 1. The van der Waals surface area contributed by atoms with E-state index in [4.69, 9.17) is 9.47 Å². The number of nitrogens with one attached hydrogen (secondary N) is 3. The molecule has 6 rings (SSSR count). The van der Waals surface area contributed by atoms with Gasteiger partial charge in [-0.05, 0) is 71.4 Å². The molecule has 0 spiro atoms. The molecule has 284 valence electrons. The van der Waals surface area contributed by atoms with E-state index in [9.17, 15) is 41.2 Å². The van der Waals surface area contributed by atoms with Gasteiger partial charge in [-0.25, -0.2) is 26.8 Å². The lowest BCUT2D eigenvalue weighted by molar-refractivity contribution is -0.141. The van der Waals surface area contributed by atoms with Crippen LogP contribution in [0, 0.1) is 17.6 Å². The van der Waals surface area contributed by atoms with Gasteiger partial charge in [0.05, 0.1) is 24.9 Å². The Balaban J connectivity index is 1.25. The van der Waals surface area contributed by atoms with Gasteiger partial charge in [-0.2, -0.15) is 0 Å². The van der Waals surface area contributed by atoms with E-state index < -0.39 is 92.1 Å². The number of alkyl carbamates (subject to hydrolysis) is 1. The molecule has 5 aliphatic rings. The predicted octanol–water partition coefficient (Wildman–Crippen LogP) is 3.28. The Bertz CT molecular complexity index is 1750. The van der Waals surface area contributed by atoms with Crippen LogP contribution in [0.3, 0.4) is 0 Å². The van der Waals surface area contributed by atoms with Gasteiger partial charge < -0.3 is 25.0 Å². The third-order valence-electron chi connectivity index (χ3n) is 10.1. The summed E-state index contributed by atoms with van der Waals surface area (Å²) in [5.74, 6) is -4.12. The van der Waals surface area contributed by atoms with E-state index in [2.05, 4.69) is 15.4 Å². The van der Waals surface area contributed by atoms with Gasteiger partial charge in [0.2, 0.25) is 21.8 Å². The SMILES string of the molecule is CC(C)(C)OC(=O)N[C@H]1CCCCC/C=C\[C@@H]2C[C@@]2(C(=O)NS(=O)(=O)C2CC2)NC(=O)C2C[C@@H](OC(=O)N3Cc4c(F)ccc(F)c4C3)CN2C1=O. The highest BCUT2D eigenvalue weighted by atomic mass is 32.2. The summed E-state index contributed by atoms with van der Waals surface area (Å²) in [6, 6.07) is -0.453. The second-order valence-corrected chi connectivity index (χ2v) is 17.3. The summed E-state index contributed by atoms with van der Waals surface area (Å²) in [6.45, 7) is 4.27. The molecular formula is C35H45F2N5O9S. The van der Waals surface area contributed by atoms with Crippen LogP contribution in [0.4, 0.5) is 18.4 Å². The van der Waals surface area contributed by atoms with E-state index in [0.29, 0.717) is 32.1 Å². The maximum Gasteiger partial charge on any atom is 0.410 e. The van der Waals surface area contributed by atoms with Gasteiger partial charge in [0.25, 0.3) is 5.91 Å². The van der Waals surface area contributed by atoms with E-state index in [0.717, 1.165) is 23.5 Å². The highest BCUT2D eigenvalue weighted by Crippen LogP contribution is 2.46. The largest absolute Gasteiger partial charge is 0.444 e. The Morgan fingerprint density at radius 3 is 2.31 bits per heavy atom. The van der Waals surface area contributed by atoms with Crippen molar-refractivity contribution in [3.05, 3.63) is 47.0 Å². The average Bonchev–Trinajstić information content (AvgIpc) is 3.94. The number of benzene rings is 1. The van der Waals surface area contributed by atoms with Gasteiger partial charge in [0, 0.05) is 23.5 Å². The summed E-state index contributed by atoms with van der Waals surface area (Å²) in [6.07, 6.45) is 4.48. The number of hydrogen-bond donors (Lipinski definition) is 3. The van der Waals surface area contributed by atoms with Gasteiger partial charge in [-0.15, -0.1) is 0 Å². The van der Waals surface area contributed by atoms with Crippen molar-refractivity contribution < 1.29 is 50.6 Å². The standard InChI is InChI=1S/C35H45F2N5O9S/c1-34(2,3)51-32(46)38-27-10-8-6-4-5-7-9-20-16-35(20,31(45)40-52(48,49)22-11-12-22)39-29(43)28-15-21(17-42(28)30(27)44)50-33(47)41-18-23-24(19-41)26(37)14-13-25(23)36/h7,9,13-14,20-22,27-28H,4-6,8,10-12,15-19H2,1-3H3,(H,38,46)(H,39,43)(H,40,45)/b9-7-/t20-,21-,27+,28?,35-/m1/s1. The minimum Gasteiger partial charge on any atom is -0.444 e. The number of ether oxygens (including phenoxy) is 2. The van der Waals surface area contributed by atoms with Crippen molar-refractivity contribution in [3.8, 4) is 0 Å². The number of hydrogen-bond acceptors (Lipinski definition) is 9. The van der Waals surface area contributed by atoms with Crippen molar-refractivity contribution in [2.75, 3.05) is 6.54 Å². The van der Waals surface area contributed by atoms with Gasteiger partial charge in [-0.3, -0.25) is 24.0 Å². The van der Waals surface area contributed by atoms with Crippen molar-refractivity contribution in [2.45, 2.75) is 126 Å². The molecule has 1 aromatic rings. The molecule has 5 atom stereocenters. The smallest absolute Gasteiger partial charge is 0.410 e. The van der Waals surface area contributed by atoms with E-state index in [1.807, 2.05) is 6.08 Å². The molecular weight excluding hydrogens is 704 g/mol. The minimum absolute atomic E-state index is 0.0296. The zero-order chi connectivity index (χ0) is 37.6. The van der Waals surface area contributed by atoms with Crippen LogP contribution in [0.5, 0.6) is 0 Å². The fourth-order valence-corrected chi connectivity index (χ4v) is 8.42. The van der Waals surface area contributed by atoms with Crippen molar-refractivity contribution >= 4 is 39.9 Å². The topological polar surface area (TPSA) is 181 Å². The summed E-state index contributed by atoms with van der Waals surface area (Å²) in [5.41, 5.74) is -2.40. The minimum atomic E-state index is -3.95. The number of carbonyl (C=O) groups excluding carboxylic acids is 5. The zero-order valence-corrected chi connectivity index (χ0v) is 30.2. The van der Waals surface area contributed by atoms with Crippen LogP contribution in [0.1, 0.15) is 89.7 Å². The molecule has 3 N–H and O–H groups in total. The Hall–Kier alpha value is -4.28. The molecule has 52 heavy (non-hydrogen) atoms. The molecule has 1 saturated heterocycles. The first-order valence-electron chi connectivity index (χ1n) is 17.7. The molecule has 2 aliphatic carbocycles. The lowest BCUT2D eigenvalue weighted by Crippen LogP contribution is -2.58. The molecule has 3 aliphatic heterocycles. The van der Waals surface area contributed by atoms with Crippen LogP contribution in [0.2, 0.25) is 0 Å². The molecule has 5 amide bonds. The highest BCUT2D eigenvalue weighted by molar-refractivity contribution is 7.91. The number of nitrogens with zero attached hydrogens (tertiary/aromatic N) is 2. The van der Waals surface area contributed by atoms with Gasteiger partial charge >= 0.3 is 12.2 Å². The number of amides is 5. The van der Waals surface area contributed by atoms with Gasteiger partial charge in [0.1, 0.15) is 41.0 Å². The first-order valence-corrected chi connectivity index (χ1v) is 19.3. The van der Waals surface area contributed by atoms with Crippen LogP contribution in [0.25, 0.3) is 0 Å². The molecule has 0 aromatic heterocycles. The van der Waals surface area contributed by atoms with Crippen molar-refractivity contribution in [1.29, 1.82) is 0 Å². The summed E-state index contributed by atoms with van der Waals surface area (Å²) in [4.78, 5) is 70.5. The molecule has 14 nitrogen and oxygen atoms in total. The summed E-state index contributed by atoms with van der Waals surface area (Å²) >= 11 is 0. The maximum atomic E-state index is 14.4.